The van der Waals surface area contributed by atoms with Gasteiger partial charge in [0.05, 0.1) is 0 Å². The van der Waals surface area contributed by atoms with Gasteiger partial charge < -0.3 is 9.84 Å². The first kappa shape index (κ1) is 20.5. The van der Waals surface area contributed by atoms with Crippen molar-refractivity contribution in [3.63, 3.8) is 0 Å². The predicted octanol–water partition coefficient (Wildman–Crippen LogP) is 2.58. The zero-order valence-corrected chi connectivity index (χ0v) is 16.5. The van der Waals surface area contributed by atoms with Crippen LogP contribution in [0, 0.1) is 11.2 Å². The van der Waals surface area contributed by atoms with Gasteiger partial charge in [-0.1, -0.05) is 19.1 Å². The summed E-state index contributed by atoms with van der Waals surface area (Å²) >= 11 is 0. The van der Waals surface area contributed by atoms with Gasteiger partial charge in [0.25, 0.3) is 0 Å². The van der Waals surface area contributed by atoms with Crippen molar-refractivity contribution in [2.75, 3.05) is 6.61 Å². The van der Waals surface area contributed by atoms with Gasteiger partial charge in [0.1, 0.15) is 29.5 Å². The molecule has 0 aliphatic carbocycles. The van der Waals surface area contributed by atoms with Gasteiger partial charge in [-0.15, -0.1) is 15.3 Å². The Hall–Kier alpha value is -3.20. The number of aromatic nitrogens is 5. The van der Waals surface area contributed by atoms with Crippen LogP contribution < -0.4 is 4.74 Å². The second-order valence-electron chi connectivity index (χ2n) is 7.48. The first-order valence-electron chi connectivity index (χ1n) is 9.04. The number of hydrogen-bond donors (Lipinski definition) is 1. The van der Waals surface area contributed by atoms with E-state index >= 15 is 0 Å². The lowest BCUT2D eigenvalue weighted by Gasteiger charge is -2.19. The molecule has 0 aliphatic heterocycles. The molecule has 0 bridgehead atoms. The number of aliphatic hydroxyl groups excluding tert-OH is 1. The molecule has 8 nitrogen and oxygen atoms in total. The highest BCUT2D eigenvalue weighted by molar-refractivity contribution is 5.94. The van der Waals surface area contributed by atoms with Gasteiger partial charge in [0, 0.05) is 31.7 Å². The van der Waals surface area contributed by atoms with Crippen molar-refractivity contribution in [2.24, 2.45) is 12.5 Å². The maximum atomic E-state index is 13.2. The van der Waals surface area contributed by atoms with Crippen molar-refractivity contribution >= 4 is 5.78 Å². The van der Waals surface area contributed by atoms with E-state index in [0.29, 0.717) is 11.4 Å². The number of aliphatic hydroxyl groups is 1. The fraction of sp³-hybridized carbons (Fsp3) is 0.350. The molecule has 3 aromatic rings. The number of halogens is 1. The topological polar surface area (TPSA) is 103 Å². The third-order valence-corrected chi connectivity index (χ3v) is 4.41. The van der Waals surface area contributed by atoms with E-state index in [2.05, 4.69) is 20.5 Å². The van der Waals surface area contributed by atoms with Crippen LogP contribution in [0.15, 0.2) is 36.4 Å². The molecule has 2 aromatic heterocycles. The minimum atomic E-state index is -0.517. The molecule has 0 saturated heterocycles. The average Bonchev–Trinajstić information content (AvgIpc) is 3.07. The molecule has 29 heavy (non-hydrogen) atoms. The van der Waals surface area contributed by atoms with Gasteiger partial charge in [-0.3, -0.25) is 4.79 Å². The molecule has 1 N–H and O–H groups in total. The lowest BCUT2D eigenvalue weighted by atomic mass is 9.87. The molecule has 9 heteroatoms. The summed E-state index contributed by atoms with van der Waals surface area (Å²) in [5.41, 5.74) is 1.68. The first-order chi connectivity index (χ1) is 13.8. The van der Waals surface area contributed by atoms with Crippen molar-refractivity contribution in [3.05, 3.63) is 53.6 Å². The van der Waals surface area contributed by atoms with E-state index in [0.717, 1.165) is 5.56 Å². The molecule has 0 spiro atoms. The number of benzene rings is 1. The first-order valence-corrected chi connectivity index (χ1v) is 9.04. The van der Waals surface area contributed by atoms with Crippen LogP contribution in [0.2, 0.25) is 0 Å². The Balaban J connectivity index is 1.69. The normalized spacial score (nSPS) is 11.5. The summed E-state index contributed by atoms with van der Waals surface area (Å²) in [4.78, 5) is 12.2. The molecule has 0 saturated carbocycles. The van der Waals surface area contributed by atoms with Crippen LogP contribution in [0.3, 0.4) is 0 Å². The standard InChI is InChI=1S/C20H22FN5O3/c1-20(2,12-27)10-17(28)15-8-9-18(23-22-15)29-11-16-19(24-25-26(16)3)13-4-6-14(21)7-5-13/h4-9,27H,10-12H2,1-3H3. The Labute approximate surface area is 167 Å². The minimum Gasteiger partial charge on any atom is -0.470 e. The SMILES string of the molecule is Cn1nnc(-c2ccc(F)cc2)c1COc1ccc(C(=O)CC(C)(C)CO)nn1. The molecule has 1 aromatic carbocycles. The number of hydrogen-bond acceptors (Lipinski definition) is 7. The summed E-state index contributed by atoms with van der Waals surface area (Å²) < 4.78 is 20.4. The van der Waals surface area contributed by atoms with Crippen LogP contribution in [0.5, 0.6) is 5.88 Å². The van der Waals surface area contributed by atoms with Crippen LogP contribution in [0.25, 0.3) is 11.3 Å². The molecule has 2 heterocycles. The van der Waals surface area contributed by atoms with E-state index in [1.54, 1.807) is 49.8 Å². The maximum Gasteiger partial charge on any atom is 0.233 e. The van der Waals surface area contributed by atoms with Gasteiger partial charge in [0.15, 0.2) is 5.78 Å². The van der Waals surface area contributed by atoms with Crippen LogP contribution in [-0.4, -0.2) is 42.7 Å². The van der Waals surface area contributed by atoms with Gasteiger partial charge in [-0.25, -0.2) is 9.07 Å². The smallest absolute Gasteiger partial charge is 0.233 e. The summed E-state index contributed by atoms with van der Waals surface area (Å²) in [7, 11) is 1.73. The van der Waals surface area contributed by atoms with Gasteiger partial charge in [-0.05, 0) is 35.7 Å². The fourth-order valence-corrected chi connectivity index (χ4v) is 2.64. The van der Waals surface area contributed by atoms with E-state index in [4.69, 9.17) is 4.74 Å². The molecule has 0 amide bonds. The van der Waals surface area contributed by atoms with Crippen molar-refractivity contribution in [1.29, 1.82) is 0 Å². The van der Waals surface area contributed by atoms with E-state index in [1.165, 1.54) is 12.1 Å². The molecule has 0 radical (unpaired) electrons. The molecule has 0 aliphatic rings. The predicted molar refractivity (Wildman–Crippen MR) is 103 cm³/mol. The second kappa shape index (κ2) is 8.44. The Morgan fingerprint density at radius 2 is 1.86 bits per heavy atom. The third kappa shape index (κ3) is 5.00. The monoisotopic (exact) mass is 399 g/mol. The van der Waals surface area contributed by atoms with Crippen molar-refractivity contribution < 1.29 is 19.0 Å². The number of carbonyl (C=O) groups excluding carboxylic acids is 1. The van der Waals surface area contributed by atoms with E-state index in [1.807, 2.05) is 0 Å². The highest BCUT2D eigenvalue weighted by Crippen LogP contribution is 2.23. The van der Waals surface area contributed by atoms with Crippen LogP contribution >= 0.6 is 0 Å². The summed E-state index contributed by atoms with van der Waals surface area (Å²) in [6.45, 7) is 3.63. The Kier molecular flexibility index (Phi) is 5.97. The highest BCUT2D eigenvalue weighted by Gasteiger charge is 2.23. The molecular formula is C20H22FN5O3. The number of carbonyl (C=O) groups is 1. The molecule has 3 rings (SSSR count). The van der Waals surface area contributed by atoms with E-state index < -0.39 is 5.41 Å². The van der Waals surface area contributed by atoms with Gasteiger partial charge in [-0.2, -0.15) is 0 Å². The summed E-state index contributed by atoms with van der Waals surface area (Å²) in [5.74, 6) is -0.283. The number of ether oxygens (including phenoxy) is 1. The van der Waals surface area contributed by atoms with Crippen LogP contribution in [-0.2, 0) is 13.7 Å². The number of ketones is 1. The van der Waals surface area contributed by atoms with E-state index in [-0.39, 0.29) is 42.8 Å². The summed E-state index contributed by atoms with van der Waals surface area (Å²) in [6, 6.07) is 9.06. The third-order valence-electron chi connectivity index (χ3n) is 4.41. The highest BCUT2D eigenvalue weighted by atomic mass is 19.1. The van der Waals surface area contributed by atoms with Crippen molar-refractivity contribution in [2.45, 2.75) is 26.9 Å². The lowest BCUT2D eigenvalue weighted by molar-refractivity contribution is 0.0852. The molecule has 0 unspecified atom stereocenters. The number of nitrogens with zero attached hydrogens (tertiary/aromatic N) is 5. The summed E-state index contributed by atoms with van der Waals surface area (Å²) in [5, 5.41) is 25.3. The summed E-state index contributed by atoms with van der Waals surface area (Å²) in [6.07, 6.45) is 0.167. The number of aryl methyl sites for hydroxylation is 1. The zero-order chi connectivity index (χ0) is 21.0. The quantitative estimate of drug-likeness (QED) is 0.581. The molecular weight excluding hydrogens is 377 g/mol. The van der Waals surface area contributed by atoms with Gasteiger partial charge >= 0.3 is 0 Å². The number of rotatable bonds is 8. The zero-order valence-electron chi connectivity index (χ0n) is 16.5. The van der Waals surface area contributed by atoms with Crippen LogP contribution in [0.1, 0.15) is 36.5 Å². The maximum absolute atomic E-state index is 13.2. The van der Waals surface area contributed by atoms with Crippen molar-refractivity contribution in [1.82, 2.24) is 25.2 Å². The lowest BCUT2D eigenvalue weighted by Crippen LogP contribution is -2.22. The molecule has 0 atom stereocenters. The molecule has 0 fully saturated rings. The molecule has 152 valence electrons. The fourth-order valence-electron chi connectivity index (χ4n) is 2.64. The van der Waals surface area contributed by atoms with Crippen molar-refractivity contribution in [3.8, 4) is 17.1 Å². The van der Waals surface area contributed by atoms with Gasteiger partial charge in [0.2, 0.25) is 5.88 Å². The Morgan fingerprint density at radius 1 is 1.14 bits per heavy atom. The Bertz CT molecular complexity index is 984. The van der Waals surface area contributed by atoms with E-state index in [9.17, 15) is 14.3 Å². The largest absolute Gasteiger partial charge is 0.470 e. The number of Topliss-reactive ketones (excluding diaryl/α,β-unsaturated/α-hetero) is 1. The van der Waals surface area contributed by atoms with Crippen LogP contribution in [0.4, 0.5) is 4.39 Å². The Morgan fingerprint density at radius 3 is 2.48 bits per heavy atom. The average molecular weight is 399 g/mol. The second-order valence-corrected chi connectivity index (χ2v) is 7.48. The minimum absolute atomic E-state index is 0.0948.